The largest absolute Gasteiger partial charge is 0.389 e. The summed E-state index contributed by atoms with van der Waals surface area (Å²) in [5.74, 6) is -0.101. The molecule has 1 amide bonds. The zero-order valence-corrected chi connectivity index (χ0v) is 11.2. The first-order valence-corrected chi connectivity index (χ1v) is 6.71. The average molecular weight is 276 g/mol. The minimum Gasteiger partial charge on any atom is -0.389 e. The van der Waals surface area contributed by atoms with E-state index in [1.54, 1.807) is 35.6 Å². The zero-order chi connectivity index (χ0) is 13.0. The van der Waals surface area contributed by atoms with E-state index in [2.05, 4.69) is 5.32 Å². The van der Waals surface area contributed by atoms with Crippen molar-refractivity contribution in [3.8, 4) is 0 Å². The van der Waals surface area contributed by atoms with E-state index in [9.17, 15) is 4.79 Å². The highest BCUT2D eigenvalue weighted by atomic mass is 32.1. The summed E-state index contributed by atoms with van der Waals surface area (Å²) in [5, 5.41) is 6.85. The summed E-state index contributed by atoms with van der Waals surface area (Å²) in [7, 11) is 0. The molecule has 0 saturated heterocycles. The van der Waals surface area contributed by atoms with Crippen molar-refractivity contribution in [2.45, 2.75) is 6.54 Å². The van der Waals surface area contributed by atoms with Gasteiger partial charge in [-0.2, -0.15) is 11.3 Å². The van der Waals surface area contributed by atoms with Crippen molar-refractivity contribution in [3.05, 3.63) is 57.8 Å². The van der Waals surface area contributed by atoms with Gasteiger partial charge in [0.2, 0.25) is 0 Å². The molecule has 0 bridgehead atoms. The van der Waals surface area contributed by atoms with Crippen LogP contribution in [0.2, 0.25) is 0 Å². The molecule has 0 fully saturated rings. The highest BCUT2D eigenvalue weighted by Gasteiger charge is 2.05. The number of thiophene rings is 1. The fraction of sp³-hybridized carbons (Fsp3) is 0.0769. The smallest absolute Gasteiger partial charge is 0.251 e. The summed E-state index contributed by atoms with van der Waals surface area (Å²) in [5.41, 5.74) is 7.96. The molecule has 3 N–H and O–H groups in total. The van der Waals surface area contributed by atoms with Crippen molar-refractivity contribution in [3.63, 3.8) is 0 Å². The Balaban J connectivity index is 1.98. The summed E-state index contributed by atoms with van der Waals surface area (Å²) in [4.78, 5) is 12.2. The van der Waals surface area contributed by atoms with Gasteiger partial charge in [-0.1, -0.05) is 24.4 Å². The van der Waals surface area contributed by atoms with Gasteiger partial charge < -0.3 is 11.1 Å². The van der Waals surface area contributed by atoms with E-state index >= 15 is 0 Å². The molecule has 1 heterocycles. The minimum absolute atomic E-state index is 0.101. The topological polar surface area (TPSA) is 55.1 Å². The molecule has 3 nitrogen and oxygen atoms in total. The second kappa shape index (κ2) is 5.75. The SMILES string of the molecule is NC(=S)c1ccc(C(=O)NCc2ccsc2)cc1. The van der Waals surface area contributed by atoms with Crippen LogP contribution >= 0.6 is 23.6 Å². The molecule has 2 rings (SSSR count). The van der Waals surface area contributed by atoms with E-state index in [0.717, 1.165) is 11.1 Å². The zero-order valence-electron chi connectivity index (χ0n) is 9.55. The molecule has 18 heavy (non-hydrogen) atoms. The molecule has 1 aromatic heterocycles. The molecule has 0 saturated carbocycles. The number of hydrogen-bond acceptors (Lipinski definition) is 3. The Morgan fingerprint density at radius 1 is 1.22 bits per heavy atom. The Bertz CT molecular complexity index is 547. The van der Waals surface area contributed by atoms with Crippen LogP contribution in [0.5, 0.6) is 0 Å². The highest BCUT2D eigenvalue weighted by molar-refractivity contribution is 7.80. The van der Waals surface area contributed by atoms with Crippen LogP contribution in [-0.2, 0) is 6.54 Å². The third-order valence-corrected chi connectivity index (χ3v) is 3.43. The van der Waals surface area contributed by atoms with Gasteiger partial charge in [-0.05, 0) is 34.5 Å². The summed E-state index contributed by atoms with van der Waals surface area (Å²) in [6.45, 7) is 0.541. The Kier molecular flexibility index (Phi) is 4.07. The second-order valence-electron chi connectivity index (χ2n) is 3.76. The molecule has 1 aromatic carbocycles. The fourth-order valence-electron chi connectivity index (χ4n) is 1.46. The Labute approximate surface area is 115 Å². The van der Waals surface area contributed by atoms with Crippen molar-refractivity contribution < 1.29 is 4.79 Å². The van der Waals surface area contributed by atoms with Gasteiger partial charge in [0.1, 0.15) is 4.99 Å². The minimum atomic E-state index is -0.101. The maximum Gasteiger partial charge on any atom is 0.251 e. The molecule has 0 radical (unpaired) electrons. The van der Waals surface area contributed by atoms with Gasteiger partial charge in [-0.3, -0.25) is 4.79 Å². The van der Waals surface area contributed by atoms with Gasteiger partial charge in [0.25, 0.3) is 5.91 Å². The average Bonchev–Trinajstić information content (AvgIpc) is 2.89. The Morgan fingerprint density at radius 3 is 2.44 bits per heavy atom. The molecule has 0 spiro atoms. The van der Waals surface area contributed by atoms with Crippen molar-refractivity contribution in [2.24, 2.45) is 5.73 Å². The van der Waals surface area contributed by atoms with Crippen molar-refractivity contribution >= 4 is 34.5 Å². The van der Waals surface area contributed by atoms with Crippen LogP contribution < -0.4 is 11.1 Å². The summed E-state index contributed by atoms with van der Waals surface area (Å²) >= 11 is 6.47. The summed E-state index contributed by atoms with van der Waals surface area (Å²) in [6.07, 6.45) is 0. The van der Waals surface area contributed by atoms with Gasteiger partial charge in [0.05, 0.1) is 0 Å². The summed E-state index contributed by atoms with van der Waals surface area (Å²) in [6, 6.07) is 8.93. The molecule has 5 heteroatoms. The molecule has 0 aliphatic rings. The first kappa shape index (κ1) is 12.7. The first-order chi connectivity index (χ1) is 8.66. The van der Waals surface area contributed by atoms with E-state index < -0.39 is 0 Å². The molecular formula is C13H12N2OS2. The lowest BCUT2D eigenvalue weighted by Crippen LogP contribution is -2.22. The van der Waals surface area contributed by atoms with Crippen LogP contribution in [0.15, 0.2) is 41.1 Å². The number of nitrogens with one attached hydrogen (secondary N) is 1. The Hall–Kier alpha value is -1.72. The van der Waals surface area contributed by atoms with Crippen LogP contribution in [-0.4, -0.2) is 10.9 Å². The molecular weight excluding hydrogens is 264 g/mol. The van der Waals surface area contributed by atoms with Crippen molar-refractivity contribution in [2.75, 3.05) is 0 Å². The number of benzene rings is 1. The first-order valence-electron chi connectivity index (χ1n) is 5.36. The number of thiocarbonyl (C=S) groups is 1. The molecule has 0 unspecified atom stereocenters. The molecule has 0 atom stereocenters. The fourth-order valence-corrected chi connectivity index (χ4v) is 2.27. The normalized spacial score (nSPS) is 10.0. The van der Waals surface area contributed by atoms with Crippen LogP contribution in [0.4, 0.5) is 0 Å². The van der Waals surface area contributed by atoms with Gasteiger partial charge in [-0.25, -0.2) is 0 Å². The van der Waals surface area contributed by atoms with E-state index in [1.807, 2.05) is 16.8 Å². The number of rotatable bonds is 4. The van der Waals surface area contributed by atoms with Crippen LogP contribution in [0.3, 0.4) is 0 Å². The number of hydrogen-bond donors (Lipinski definition) is 2. The molecule has 2 aromatic rings. The number of carbonyl (C=O) groups excluding carboxylic acids is 1. The van der Waals surface area contributed by atoms with Gasteiger partial charge in [-0.15, -0.1) is 0 Å². The lowest BCUT2D eigenvalue weighted by molar-refractivity contribution is 0.0951. The monoisotopic (exact) mass is 276 g/mol. The van der Waals surface area contributed by atoms with Gasteiger partial charge in [0.15, 0.2) is 0 Å². The third-order valence-electron chi connectivity index (χ3n) is 2.46. The second-order valence-corrected chi connectivity index (χ2v) is 4.98. The van der Waals surface area contributed by atoms with Crippen LogP contribution in [0, 0.1) is 0 Å². The predicted molar refractivity (Wildman–Crippen MR) is 77.8 cm³/mol. The lowest BCUT2D eigenvalue weighted by Gasteiger charge is -2.04. The number of nitrogens with two attached hydrogens (primary N) is 1. The quantitative estimate of drug-likeness (QED) is 0.843. The molecule has 0 aliphatic carbocycles. The van der Waals surface area contributed by atoms with Crippen molar-refractivity contribution in [1.29, 1.82) is 0 Å². The van der Waals surface area contributed by atoms with Crippen LogP contribution in [0.25, 0.3) is 0 Å². The highest BCUT2D eigenvalue weighted by Crippen LogP contribution is 2.07. The standard InChI is InChI=1S/C13H12N2OS2/c14-12(17)10-1-3-11(4-2-10)13(16)15-7-9-5-6-18-8-9/h1-6,8H,7H2,(H2,14,17)(H,15,16). The molecule has 0 aliphatic heterocycles. The van der Waals surface area contributed by atoms with E-state index in [0.29, 0.717) is 17.1 Å². The third kappa shape index (κ3) is 3.15. The van der Waals surface area contributed by atoms with E-state index in [1.165, 1.54) is 0 Å². The van der Waals surface area contributed by atoms with Gasteiger partial charge in [0, 0.05) is 17.7 Å². The number of carbonyl (C=O) groups is 1. The van der Waals surface area contributed by atoms with Crippen LogP contribution in [0.1, 0.15) is 21.5 Å². The lowest BCUT2D eigenvalue weighted by atomic mass is 10.1. The summed E-state index contributed by atoms with van der Waals surface area (Å²) < 4.78 is 0. The van der Waals surface area contributed by atoms with Crippen molar-refractivity contribution in [1.82, 2.24) is 5.32 Å². The molecule has 92 valence electrons. The Morgan fingerprint density at radius 2 is 1.89 bits per heavy atom. The van der Waals surface area contributed by atoms with E-state index in [4.69, 9.17) is 18.0 Å². The predicted octanol–water partition coefficient (Wildman–Crippen LogP) is 2.31. The number of amides is 1. The maximum absolute atomic E-state index is 11.8. The van der Waals surface area contributed by atoms with Gasteiger partial charge >= 0.3 is 0 Å². The maximum atomic E-state index is 11.8. The van der Waals surface area contributed by atoms with E-state index in [-0.39, 0.29) is 5.91 Å².